The molecule has 0 aromatic carbocycles. The highest BCUT2D eigenvalue weighted by Crippen LogP contribution is 2.20. The van der Waals surface area contributed by atoms with Crippen molar-refractivity contribution in [3.05, 3.63) is 0 Å². The third-order valence-electron chi connectivity index (χ3n) is 3.97. The standard InChI is InChI=1S/C14H28N2O/c1-6-11(4)12(5)16-9-7-8-13(14(16)17)15-10(2)3/h10-13,15H,6-9H2,1-5H3. The Morgan fingerprint density at radius 2 is 2.00 bits per heavy atom. The van der Waals surface area contributed by atoms with Gasteiger partial charge >= 0.3 is 0 Å². The number of piperidine rings is 1. The number of amides is 1. The summed E-state index contributed by atoms with van der Waals surface area (Å²) >= 11 is 0. The van der Waals surface area contributed by atoms with Crippen LogP contribution in [0.5, 0.6) is 0 Å². The topological polar surface area (TPSA) is 32.3 Å². The zero-order valence-electron chi connectivity index (χ0n) is 12.0. The highest BCUT2D eigenvalue weighted by atomic mass is 16.2. The highest BCUT2D eigenvalue weighted by Gasteiger charge is 2.32. The lowest BCUT2D eigenvalue weighted by Crippen LogP contribution is -2.55. The molecule has 100 valence electrons. The maximum Gasteiger partial charge on any atom is 0.239 e. The number of carbonyl (C=O) groups excluding carboxylic acids is 1. The van der Waals surface area contributed by atoms with Gasteiger partial charge in [0.15, 0.2) is 0 Å². The van der Waals surface area contributed by atoms with Crippen LogP contribution in [-0.4, -0.2) is 35.5 Å². The fraction of sp³-hybridized carbons (Fsp3) is 0.929. The van der Waals surface area contributed by atoms with E-state index >= 15 is 0 Å². The van der Waals surface area contributed by atoms with Gasteiger partial charge in [-0.2, -0.15) is 0 Å². The van der Waals surface area contributed by atoms with Crippen LogP contribution in [0.1, 0.15) is 53.9 Å². The van der Waals surface area contributed by atoms with Gasteiger partial charge in [-0.1, -0.05) is 34.1 Å². The van der Waals surface area contributed by atoms with Gasteiger partial charge in [0.2, 0.25) is 5.91 Å². The maximum absolute atomic E-state index is 12.4. The molecular formula is C14H28N2O. The summed E-state index contributed by atoms with van der Waals surface area (Å²) in [6.45, 7) is 11.7. The largest absolute Gasteiger partial charge is 0.338 e. The summed E-state index contributed by atoms with van der Waals surface area (Å²) in [5.41, 5.74) is 0. The molecule has 1 fully saturated rings. The molecule has 0 aromatic heterocycles. The van der Waals surface area contributed by atoms with Crippen LogP contribution in [-0.2, 0) is 4.79 Å². The Morgan fingerprint density at radius 3 is 2.53 bits per heavy atom. The summed E-state index contributed by atoms with van der Waals surface area (Å²) < 4.78 is 0. The van der Waals surface area contributed by atoms with Crippen LogP contribution < -0.4 is 5.32 Å². The van der Waals surface area contributed by atoms with Crippen molar-refractivity contribution in [1.29, 1.82) is 0 Å². The normalized spacial score (nSPS) is 25.2. The van der Waals surface area contributed by atoms with E-state index in [2.05, 4.69) is 44.8 Å². The Morgan fingerprint density at radius 1 is 1.35 bits per heavy atom. The molecule has 1 rings (SSSR count). The lowest BCUT2D eigenvalue weighted by atomic mass is 9.95. The number of nitrogens with zero attached hydrogens (tertiary/aromatic N) is 1. The first-order valence-corrected chi connectivity index (χ1v) is 7.03. The summed E-state index contributed by atoms with van der Waals surface area (Å²) in [5.74, 6) is 0.884. The molecular weight excluding hydrogens is 212 g/mol. The molecule has 3 heteroatoms. The molecule has 3 atom stereocenters. The van der Waals surface area contributed by atoms with Crippen molar-refractivity contribution in [3.63, 3.8) is 0 Å². The number of hydrogen-bond acceptors (Lipinski definition) is 2. The minimum atomic E-state index is 0.0373. The monoisotopic (exact) mass is 240 g/mol. The quantitative estimate of drug-likeness (QED) is 0.800. The highest BCUT2D eigenvalue weighted by molar-refractivity contribution is 5.83. The first kappa shape index (κ1) is 14.5. The third kappa shape index (κ3) is 3.70. The van der Waals surface area contributed by atoms with E-state index in [1.807, 2.05) is 0 Å². The van der Waals surface area contributed by atoms with E-state index in [1.165, 1.54) is 0 Å². The van der Waals surface area contributed by atoms with Crippen molar-refractivity contribution in [2.24, 2.45) is 5.92 Å². The van der Waals surface area contributed by atoms with E-state index in [1.54, 1.807) is 0 Å². The first-order chi connectivity index (χ1) is 7.97. The molecule has 1 aliphatic heterocycles. The second kappa shape index (κ2) is 6.39. The molecule has 1 heterocycles. The van der Waals surface area contributed by atoms with Gasteiger partial charge in [-0.25, -0.2) is 0 Å². The molecule has 0 radical (unpaired) electrons. The predicted octanol–water partition coefficient (Wildman–Crippen LogP) is 2.41. The van der Waals surface area contributed by atoms with Gasteiger partial charge in [-0.15, -0.1) is 0 Å². The predicted molar refractivity (Wildman–Crippen MR) is 71.9 cm³/mol. The Bertz CT molecular complexity index is 253. The van der Waals surface area contributed by atoms with E-state index in [4.69, 9.17) is 0 Å². The average Bonchev–Trinajstić information content (AvgIpc) is 2.29. The number of nitrogens with one attached hydrogen (secondary N) is 1. The summed E-state index contributed by atoms with van der Waals surface area (Å²) in [7, 11) is 0. The van der Waals surface area contributed by atoms with Crippen LogP contribution in [0.4, 0.5) is 0 Å². The van der Waals surface area contributed by atoms with Gasteiger partial charge in [0, 0.05) is 18.6 Å². The van der Waals surface area contributed by atoms with E-state index in [0.717, 1.165) is 25.8 Å². The fourth-order valence-corrected chi connectivity index (χ4v) is 2.51. The lowest BCUT2D eigenvalue weighted by Gasteiger charge is -2.39. The van der Waals surface area contributed by atoms with Crippen molar-refractivity contribution in [2.45, 2.75) is 72.0 Å². The van der Waals surface area contributed by atoms with Crippen molar-refractivity contribution >= 4 is 5.91 Å². The van der Waals surface area contributed by atoms with Gasteiger partial charge in [-0.3, -0.25) is 4.79 Å². The average molecular weight is 240 g/mol. The van der Waals surface area contributed by atoms with Gasteiger partial charge in [0.1, 0.15) is 0 Å². The van der Waals surface area contributed by atoms with Crippen LogP contribution in [0.25, 0.3) is 0 Å². The molecule has 3 unspecified atom stereocenters. The zero-order valence-corrected chi connectivity index (χ0v) is 12.0. The zero-order chi connectivity index (χ0) is 13.0. The van der Waals surface area contributed by atoms with E-state index < -0.39 is 0 Å². The summed E-state index contributed by atoms with van der Waals surface area (Å²) in [5, 5.41) is 3.38. The Hall–Kier alpha value is -0.570. The molecule has 1 N–H and O–H groups in total. The number of rotatable bonds is 5. The van der Waals surface area contributed by atoms with Gasteiger partial charge in [0.05, 0.1) is 6.04 Å². The number of likely N-dealkylation sites (tertiary alicyclic amines) is 1. The summed E-state index contributed by atoms with van der Waals surface area (Å²) in [6, 6.07) is 0.780. The van der Waals surface area contributed by atoms with Gasteiger partial charge in [-0.05, 0) is 25.7 Å². The van der Waals surface area contributed by atoms with Crippen molar-refractivity contribution in [1.82, 2.24) is 10.2 Å². The summed E-state index contributed by atoms with van der Waals surface area (Å²) in [6.07, 6.45) is 3.24. The fourth-order valence-electron chi connectivity index (χ4n) is 2.51. The molecule has 17 heavy (non-hydrogen) atoms. The van der Waals surface area contributed by atoms with Crippen molar-refractivity contribution in [3.8, 4) is 0 Å². The molecule has 0 aliphatic carbocycles. The minimum absolute atomic E-state index is 0.0373. The minimum Gasteiger partial charge on any atom is -0.338 e. The van der Waals surface area contributed by atoms with Crippen molar-refractivity contribution < 1.29 is 4.79 Å². The number of hydrogen-bond donors (Lipinski definition) is 1. The molecule has 3 nitrogen and oxygen atoms in total. The molecule has 1 amide bonds. The van der Waals surface area contributed by atoms with Crippen molar-refractivity contribution in [2.75, 3.05) is 6.54 Å². The maximum atomic E-state index is 12.4. The second-order valence-electron chi connectivity index (χ2n) is 5.67. The Labute approximate surface area is 106 Å². The number of carbonyl (C=O) groups is 1. The molecule has 0 spiro atoms. The Kier molecular flexibility index (Phi) is 5.44. The van der Waals surface area contributed by atoms with Crippen LogP contribution >= 0.6 is 0 Å². The van der Waals surface area contributed by atoms with Crippen LogP contribution in [0.2, 0.25) is 0 Å². The lowest BCUT2D eigenvalue weighted by molar-refractivity contribution is -0.139. The molecule has 0 saturated carbocycles. The molecule has 1 saturated heterocycles. The van der Waals surface area contributed by atoms with Crippen LogP contribution in [0, 0.1) is 5.92 Å². The molecule has 0 aromatic rings. The molecule has 0 bridgehead atoms. The van der Waals surface area contributed by atoms with E-state index in [9.17, 15) is 4.79 Å². The van der Waals surface area contributed by atoms with Gasteiger partial charge in [0.25, 0.3) is 0 Å². The van der Waals surface area contributed by atoms with E-state index in [0.29, 0.717) is 23.9 Å². The Balaban J connectivity index is 2.64. The van der Waals surface area contributed by atoms with Gasteiger partial charge < -0.3 is 10.2 Å². The SMILES string of the molecule is CCC(C)C(C)N1CCCC(NC(C)C)C1=O. The first-order valence-electron chi connectivity index (χ1n) is 7.03. The van der Waals surface area contributed by atoms with Crippen LogP contribution in [0.15, 0.2) is 0 Å². The second-order valence-corrected chi connectivity index (χ2v) is 5.67. The van der Waals surface area contributed by atoms with E-state index in [-0.39, 0.29) is 6.04 Å². The smallest absolute Gasteiger partial charge is 0.239 e. The summed E-state index contributed by atoms with van der Waals surface area (Å²) in [4.78, 5) is 14.5. The third-order valence-corrected chi connectivity index (χ3v) is 3.97. The molecule has 1 aliphatic rings. The van der Waals surface area contributed by atoms with Crippen LogP contribution in [0.3, 0.4) is 0 Å².